The maximum Gasteiger partial charge on any atom is 0.181 e. The number of hydrogen-bond donors (Lipinski definition) is 1. The molecule has 19 heavy (non-hydrogen) atoms. The highest BCUT2D eigenvalue weighted by Crippen LogP contribution is 2.21. The monoisotopic (exact) mass is 274 g/mol. The van der Waals surface area contributed by atoms with E-state index in [4.69, 9.17) is 0 Å². The average molecular weight is 274 g/mol. The maximum absolute atomic E-state index is 11.5. The topological polar surface area (TPSA) is 88.6 Å². The standard InChI is InChI=1S/C12H10N4O2S/c1-19(17,18)9-4-2-3-8(5-9)11-15-10-6-13-7-14-12(10)16-11/h2-7H,1H3,(H,13,14,15,16). The lowest BCUT2D eigenvalue weighted by molar-refractivity contribution is 0.602. The summed E-state index contributed by atoms with van der Waals surface area (Å²) in [6.07, 6.45) is 4.22. The normalized spacial score (nSPS) is 11.8. The van der Waals surface area contributed by atoms with Crippen LogP contribution in [0.15, 0.2) is 41.7 Å². The van der Waals surface area contributed by atoms with Crippen LogP contribution in [-0.2, 0) is 9.84 Å². The molecule has 0 radical (unpaired) electrons. The molecule has 0 aliphatic rings. The predicted octanol–water partition coefficient (Wildman–Crippen LogP) is 1.42. The van der Waals surface area contributed by atoms with Crippen LogP contribution in [0.5, 0.6) is 0 Å². The predicted molar refractivity (Wildman–Crippen MR) is 70.2 cm³/mol. The van der Waals surface area contributed by atoms with Crippen molar-refractivity contribution >= 4 is 21.0 Å². The van der Waals surface area contributed by atoms with E-state index in [1.165, 1.54) is 12.6 Å². The lowest BCUT2D eigenvalue weighted by Crippen LogP contribution is -1.97. The van der Waals surface area contributed by atoms with Crippen molar-refractivity contribution in [2.45, 2.75) is 4.90 Å². The minimum absolute atomic E-state index is 0.261. The maximum atomic E-state index is 11.5. The van der Waals surface area contributed by atoms with E-state index >= 15 is 0 Å². The molecule has 0 aliphatic carbocycles. The number of nitrogens with one attached hydrogen (secondary N) is 1. The van der Waals surface area contributed by atoms with E-state index in [9.17, 15) is 8.42 Å². The van der Waals surface area contributed by atoms with Gasteiger partial charge in [0.2, 0.25) is 0 Å². The molecule has 2 heterocycles. The van der Waals surface area contributed by atoms with Crippen LogP contribution in [0, 0.1) is 0 Å². The summed E-state index contributed by atoms with van der Waals surface area (Å²) >= 11 is 0. The summed E-state index contributed by atoms with van der Waals surface area (Å²) in [5.41, 5.74) is 1.96. The molecule has 0 atom stereocenters. The van der Waals surface area contributed by atoms with Crippen LogP contribution in [0.4, 0.5) is 0 Å². The molecule has 0 fully saturated rings. The Morgan fingerprint density at radius 3 is 2.84 bits per heavy atom. The van der Waals surface area contributed by atoms with E-state index < -0.39 is 9.84 Å². The highest BCUT2D eigenvalue weighted by Gasteiger charge is 2.11. The van der Waals surface area contributed by atoms with Gasteiger partial charge in [0.15, 0.2) is 15.5 Å². The molecule has 0 saturated carbocycles. The van der Waals surface area contributed by atoms with Crippen molar-refractivity contribution in [2.75, 3.05) is 6.26 Å². The van der Waals surface area contributed by atoms with Gasteiger partial charge in [0.1, 0.15) is 17.7 Å². The molecule has 0 amide bonds. The molecule has 0 aliphatic heterocycles. The van der Waals surface area contributed by atoms with Gasteiger partial charge in [-0.1, -0.05) is 12.1 Å². The molecule has 7 heteroatoms. The molecule has 96 valence electrons. The van der Waals surface area contributed by atoms with E-state index in [1.54, 1.807) is 30.5 Å². The van der Waals surface area contributed by atoms with Crippen LogP contribution in [0.25, 0.3) is 22.6 Å². The van der Waals surface area contributed by atoms with Gasteiger partial charge in [0.25, 0.3) is 0 Å². The Morgan fingerprint density at radius 1 is 1.26 bits per heavy atom. The Hall–Kier alpha value is -2.28. The van der Waals surface area contributed by atoms with Crippen molar-refractivity contribution in [3.8, 4) is 11.4 Å². The van der Waals surface area contributed by atoms with E-state index in [1.807, 2.05) is 0 Å². The number of aromatic nitrogens is 4. The molecular weight excluding hydrogens is 264 g/mol. The van der Waals surface area contributed by atoms with Crippen molar-refractivity contribution in [3.05, 3.63) is 36.8 Å². The lowest BCUT2D eigenvalue weighted by Gasteiger charge is -2.00. The quantitative estimate of drug-likeness (QED) is 0.763. The van der Waals surface area contributed by atoms with Crippen LogP contribution in [0.2, 0.25) is 0 Å². The highest BCUT2D eigenvalue weighted by atomic mass is 32.2. The van der Waals surface area contributed by atoms with E-state index in [0.717, 1.165) is 0 Å². The van der Waals surface area contributed by atoms with Gasteiger partial charge in [-0.3, -0.25) is 0 Å². The van der Waals surface area contributed by atoms with Gasteiger partial charge in [-0.25, -0.2) is 23.4 Å². The molecule has 1 N–H and O–H groups in total. The fourth-order valence-electron chi connectivity index (χ4n) is 1.77. The van der Waals surface area contributed by atoms with E-state index in [0.29, 0.717) is 22.6 Å². The highest BCUT2D eigenvalue weighted by molar-refractivity contribution is 7.90. The second-order valence-electron chi connectivity index (χ2n) is 4.15. The molecule has 0 spiro atoms. The van der Waals surface area contributed by atoms with Gasteiger partial charge in [0.05, 0.1) is 11.1 Å². The van der Waals surface area contributed by atoms with Crippen LogP contribution in [-0.4, -0.2) is 34.6 Å². The summed E-state index contributed by atoms with van der Waals surface area (Å²) in [5, 5.41) is 0. The van der Waals surface area contributed by atoms with Crippen molar-refractivity contribution in [1.29, 1.82) is 0 Å². The van der Waals surface area contributed by atoms with Gasteiger partial charge < -0.3 is 4.98 Å². The Balaban J connectivity index is 2.16. The van der Waals surface area contributed by atoms with Crippen LogP contribution >= 0.6 is 0 Å². The zero-order valence-electron chi connectivity index (χ0n) is 10.0. The Bertz CT molecular complexity index is 822. The Labute approximate surface area is 109 Å². The summed E-state index contributed by atoms with van der Waals surface area (Å²) in [6, 6.07) is 6.62. The third-order valence-corrected chi connectivity index (χ3v) is 3.81. The summed E-state index contributed by atoms with van der Waals surface area (Å²) in [7, 11) is -3.23. The molecule has 1 aromatic carbocycles. The Kier molecular flexibility index (Phi) is 2.56. The van der Waals surface area contributed by atoms with Crippen LogP contribution in [0.1, 0.15) is 0 Å². The van der Waals surface area contributed by atoms with Crippen molar-refractivity contribution in [2.24, 2.45) is 0 Å². The van der Waals surface area contributed by atoms with Gasteiger partial charge in [0, 0.05) is 11.8 Å². The first-order valence-electron chi connectivity index (χ1n) is 5.50. The van der Waals surface area contributed by atoms with Gasteiger partial charge in [-0.05, 0) is 12.1 Å². The molecule has 3 aromatic rings. The number of H-pyrrole nitrogens is 1. The molecule has 3 rings (SSSR count). The largest absolute Gasteiger partial charge is 0.335 e. The van der Waals surface area contributed by atoms with Gasteiger partial charge in [-0.15, -0.1) is 0 Å². The fourth-order valence-corrected chi connectivity index (χ4v) is 2.44. The molecule has 0 unspecified atom stereocenters. The second-order valence-corrected chi connectivity index (χ2v) is 6.16. The Morgan fingerprint density at radius 2 is 2.11 bits per heavy atom. The molecule has 0 saturated heterocycles. The van der Waals surface area contributed by atoms with E-state index in [-0.39, 0.29) is 4.90 Å². The van der Waals surface area contributed by atoms with Crippen molar-refractivity contribution < 1.29 is 8.42 Å². The summed E-state index contributed by atoms with van der Waals surface area (Å²) in [6.45, 7) is 0. The number of hydrogen-bond acceptors (Lipinski definition) is 5. The smallest absolute Gasteiger partial charge is 0.181 e. The van der Waals surface area contributed by atoms with Crippen LogP contribution in [0.3, 0.4) is 0 Å². The minimum Gasteiger partial charge on any atom is -0.335 e. The molecular formula is C12H10N4O2S. The van der Waals surface area contributed by atoms with Gasteiger partial charge in [-0.2, -0.15) is 0 Å². The average Bonchev–Trinajstić information content (AvgIpc) is 2.81. The zero-order valence-corrected chi connectivity index (χ0v) is 10.8. The summed E-state index contributed by atoms with van der Waals surface area (Å²) in [5.74, 6) is 0.570. The number of nitrogens with zero attached hydrogens (tertiary/aromatic N) is 3. The van der Waals surface area contributed by atoms with E-state index in [2.05, 4.69) is 19.9 Å². The third-order valence-electron chi connectivity index (χ3n) is 2.70. The number of imidazole rings is 1. The van der Waals surface area contributed by atoms with Crippen molar-refractivity contribution in [1.82, 2.24) is 19.9 Å². The number of aromatic amines is 1. The van der Waals surface area contributed by atoms with Crippen molar-refractivity contribution in [3.63, 3.8) is 0 Å². The molecule has 2 aromatic heterocycles. The summed E-state index contributed by atoms with van der Waals surface area (Å²) in [4.78, 5) is 15.6. The number of rotatable bonds is 2. The third kappa shape index (κ3) is 2.19. The minimum atomic E-state index is -3.23. The lowest BCUT2D eigenvalue weighted by atomic mass is 10.2. The number of sulfone groups is 1. The molecule has 6 nitrogen and oxygen atoms in total. The SMILES string of the molecule is CS(=O)(=O)c1cccc(-c2nc3ncncc3[nH]2)c1. The second kappa shape index (κ2) is 4.13. The summed E-state index contributed by atoms with van der Waals surface area (Å²) < 4.78 is 23.1. The first-order chi connectivity index (χ1) is 9.04. The van der Waals surface area contributed by atoms with Crippen LogP contribution < -0.4 is 0 Å². The number of fused-ring (bicyclic) bond motifs is 1. The first-order valence-corrected chi connectivity index (χ1v) is 7.39. The fraction of sp³-hybridized carbons (Fsp3) is 0.0833. The zero-order chi connectivity index (χ0) is 13.5. The van der Waals surface area contributed by atoms with Gasteiger partial charge >= 0.3 is 0 Å². The first kappa shape index (κ1) is 11.8. The molecule has 0 bridgehead atoms. The number of benzene rings is 1.